The molecule has 21 heavy (non-hydrogen) atoms. The minimum Gasteiger partial charge on any atom is -0.313 e. The summed E-state index contributed by atoms with van der Waals surface area (Å²) < 4.78 is 0. The van der Waals surface area contributed by atoms with E-state index < -0.39 is 0 Å². The molecule has 0 fully saturated rings. The molecular weight excluding hydrogens is 256 g/mol. The molecule has 1 aliphatic carbocycles. The molecule has 2 heteroatoms. The van der Waals surface area contributed by atoms with Gasteiger partial charge in [0.05, 0.1) is 5.52 Å². The van der Waals surface area contributed by atoms with Crippen molar-refractivity contribution in [3.8, 4) is 11.1 Å². The summed E-state index contributed by atoms with van der Waals surface area (Å²) >= 11 is 0. The van der Waals surface area contributed by atoms with Crippen molar-refractivity contribution >= 4 is 10.9 Å². The monoisotopic (exact) mass is 274 g/mol. The number of pyridine rings is 1. The molecular formula is C19H18N2. The minimum absolute atomic E-state index is 0.514. The standard InChI is InChI=1S/C19H18N2/c1-20-18-10-8-14-12-15(7-9-16(14)18)17-6-2-4-13-5-3-11-21-19(13)17/h2-7,9,11-12,18,20H,8,10H2,1H3. The maximum atomic E-state index is 4.57. The third-order valence-electron chi connectivity index (χ3n) is 4.51. The summed E-state index contributed by atoms with van der Waals surface area (Å²) in [7, 11) is 2.04. The molecule has 1 aromatic heterocycles. The Morgan fingerprint density at radius 1 is 1.10 bits per heavy atom. The molecule has 0 saturated heterocycles. The van der Waals surface area contributed by atoms with E-state index in [-0.39, 0.29) is 0 Å². The Labute approximate surface area is 124 Å². The zero-order valence-electron chi connectivity index (χ0n) is 12.1. The Morgan fingerprint density at radius 2 is 2.00 bits per heavy atom. The largest absolute Gasteiger partial charge is 0.313 e. The Bertz CT molecular complexity index is 802. The molecule has 1 N–H and O–H groups in total. The van der Waals surface area contributed by atoms with Crippen LogP contribution in [-0.4, -0.2) is 12.0 Å². The van der Waals surface area contributed by atoms with Crippen molar-refractivity contribution in [1.29, 1.82) is 0 Å². The van der Waals surface area contributed by atoms with Gasteiger partial charge < -0.3 is 5.32 Å². The van der Waals surface area contributed by atoms with Crippen LogP contribution in [0.5, 0.6) is 0 Å². The Hall–Kier alpha value is -2.19. The second kappa shape index (κ2) is 4.97. The first-order chi connectivity index (χ1) is 10.4. The van der Waals surface area contributed by atoms with Gasteiger partial charge in [0.1, 0.15) is 0 Å². The first-order valence-electron chi connectivity index (χ1n) is 7.51. The molecule has 2 aromatic carbocycles. The van der Waals surface area contributed by atoms with E-state index in [9.17, 15) is 0 Å². The molecule has 1 heterocycles. The van der Waals surface area contributed by atoms with Gasteiger partial charge in [-0.1, -0.05) is 42.5 Å². The maximum Gasteiger partial charge on any atom is 0.0780 e. The molecule has 0 saturated carbocycles. The lowest BCUT2D eigenvalue weighted by Gasteiger charge is -2.11. The number of hydrogen-bond donors (Lipinski definition) is 1. The van der Waals surface area contributed by atoms with Gasteiger partial charge >= 0.3 is 0 Å². The zero-order valence-corrected chi connectivity index (χ0v) is 12.1. The van der Waals surface area contributed by atoms with Crippen LogP contribution in [0.1, 0.15) is 23.6 Å². The second-order valence-electron chi connectivity index (χ2n) is 5.67. The van der Waals surface area contributed by atoms with Gasteiger partial charge in [-0.15, -0.1) is 0 Å². The molecule has 104 valence electrons. The molecule has 0 aliphatic heterocycles. The number of para-hydroxylation sites is 1. The SMILES string of the molecule is CNC1CCc2cc(-c3cccc4cccnc34)ccc21. The number of benzene rings is 2. The van der Waals surface area contributed by atoms with E-state index in [0.717, 1.165) is 11.9 Å². The fourth-order valence-electron chi connectivity index (χ4n) is 3.42. The highest BCUT2D eigenvalue weighted by Crippen LogP contribution is 2.35. The molecule has 0 amide bonds. The van der Waals surface area contributed by atoms with Crippen LogP contribution in [0.4, 0.5) is 0 Å². The molecule has 1 aliphatic rings. The number of aryl methyl sites for hydroxylation is 1. The van der Waals surface area contributed by atoms with E-state index in [0.29, 0.717) is 6.04 Å². The molecule has 1 unspecified atom stereocenters. The van der Waals surface area contributed by atoms with Gasteiger partial charge in [-0.05, 0) is 42.6 Å². The van der Waals surface area contributed by atoms with Crippen LogP contribution < -0.4 is 5.32 Å². The van der Waals surface area contributed by atoms with E-state index in [1.54, 1.807) is 0 Å². The van der Waals surface area contributed by atoms with Gasteiger partial charge in [-0.2, -0.15) is 0 Å². The second-order valence-corrected chi connectivity index (χ2v) is 5.67. The third kappa shape index (κ3) is 2.03. The summed E-state index contributed by atoms with van der Waals surface area (Å²) in [6.07, 6.45) is 4.23. The van der Waals surface area contributed by atoms with Crippen molar-refractivity contribution in [2.75, 3.05) is 7.05 Å². The lowest BCUT2D eigenvalue weighted by Crippen LogP contribution is -2.12. The van der Waals surface area contributed by atoms with E-state index in [1.807, 2.05) is 19.3 Å². The topological polar surface area (TPSA) is 24.9 Å². The predicted molar refractivity (Wildman–Crippen MR) is 87.3 cm³/mol. The number of fused-ring (bicyclic) bond motifs is 2. The molecule has 0 spiro atoms. The van der Waals surface area contributed by atoms with Gasteiger partial charge in [0, 0.05) is 23.2 Å². The number of rotatable bonds is 2. The van der Waals surface area contributed by atoms with Gasteiger partial charge in [-0.3, -0.25) is 4.98 Å². The predicted octanol–water partition coefficient (Wildman–Crippen LogP) is 4.11. The highest BCUT2D eigenvalue weighted by atomic mass is 14.9. The fourth-order valence-corrected chi connectivity index (χ4v) is 3.42. The van der Waals surface area contributed by atoms with Crippen LogP contribution in [-0.2, 0) is 6.42 Å². The molecule has 1 atom stereocenters. The maximum absolute atomic E-state index is 4.57. The molecule has 3 aromatic rings. The van der Waals surface area contributed by atoms with Gasteiger partial charge in [-0.25, -0.2) is 0 Å². The van der Waals surface area contributed by atoms with Crippen molar-refractivity contribution < 1.29 is 0 Å². The normalized spacial score (nSPS) is 17.1. The molecule has 0 bridgehead atoms. The number of aromatic nitrogens is 1. The van der Waals surface area contributed by atoms with Gasteiger partial charge in [0.2, 0.25) is 0 Å². The molecule has 4 rings (SSSR count). The Balaban J connectivity index is 1.87. The van der Waals surface area contributed by atoms with Gasteiger partial charge in [0.25, 0.3) is 0 Å². The van der Waals surface area contributed by atoms with E-state index >= 15 is 0 Å². The molecule has 0 radical (unpaired) electrons. The lowest BCUT2D eigenvalue weighted by atomic mass is 9.98. The van der Waals surface area contributed by atoms with Crippen LogP contribution in [0.25, 0.3) is 22.0 Å². The zero-order chi connectivity index (χ0) is 14.2. The smallest absolute Gasteiger partial charge is 0.0780 e. The van der Waals surface area contributed by atoms with Gasteiger partial charge in [0.15, 0.2) is 0 Å². The van der Waals surface area contributed by atoms with Crippen molar-refractivity contribution in [2.45, 2.75) is 18.9 Å². The summed E-state index contributed by atoms with van der Waals surface area (Å²) in [5, 5.41) is 4.59. The average molecular weight is 274 g/mol. The first-order valence-corrected chi connectivity index (χ1v) is 7.51. The van der Waals surface area contributed by atoms with E-state index in [4.69, 9.17) is 0 Å². The summed E-state index contributed by atoms with van der Waals surface area (Å²) in [5.74, 6) is 0. The van der Waals surface area contributed by atoms with E-state index in [2.05, 4.69) is 52.8 Å². The number of nitrogens with one attached hydrogen (secondary N) is 1. The number of nitrogens with zero attached hydrogens (tertiary/aromatic N) is 1. The van der Waals surface area contributed by atoms with Crippen LogP contribution in [0, 0.1) is 0 Å². The van der Waals surface area contributed by atoms with Crippen molar-refractivity contribution in [1.82, 2.24) is 10.3 Å². The van der Waals surface area contributed by atoms with Crippen molar-refractivity contribution in [3.05, 3.63) is 65.9 Å². The summed E-state index contributed by atoms with van der Waals surface area (Å²) in [5.41, 5.74) is 6.51. The van der Waals surface area contributed by atoms with Crippen LogP contribution in [0.15, 0.2) is 54.7 Å². The van der Waals surface area contributed by atoms with Crippen molar-refractivity contribution in [2.24, 2.45) is 0 Å². The van der Waals surface area contributed by atoms with Crippen LogP contribution in [0.3, 0.4) is 0 Å². The van der Waals surface area contributed by atoms with Crippen molar-refractivity contribution in [3.63, 3.8) is 0 Å². The quantitative estimate of drug-likeness (QED) is 0.760. The Morgan fingerprint density at radius 3 is 2.90 bits per heavy atom. The van der Waals surface area contributed by atoms with Crippen LogP contribution in [0.2, 0.25) is 0 Å². The summed E-state index contributed by atoms with van der Waals surface area (Å²) in [6.45, 7) is 0. The fraction of sp³-hybridized carbons (Fsp3) is 0.211. The highest BCUT2D eigenvalue weighted by Gasteiger charge is 2.21. The van der Waals surface area contributed by atoms with E-state index in [1.165, 1.54) is 34.1 Å². The number of hydrogen-bond acceptors (Lipinski definition) is 2. The first kappa shape index (κ1) is 12.5. The third-order valence-corrected chi connectivity index (χ3v) is 4.51. The lowest BCUT2D eigenvalue weighted by molar-refractivity contribution is 0.590. The highest BCUT2D eigenvalue weighted by molar-refractivity contribution is 5.93. The van der Waals surface area contributed by atoms with Crippen LogP contribution >= 0.6 is 0 Å². The Kier molecular flexibility index (Phi) is 2.97. The summed E-state index contributed by atoms with van der Waals surface area (Å²) in [4.78, 5) is 4.57. The summed E-state index contributed by atoms with van der Waals surface area (Å²) in [6, 6.07) is 17.9. The minimum atomic E-state index is 0.514. The molecule has 2 nitrogen and oxygen atoms in total. The average Bonchev–Trinajstić information content (AvgIpc) is 2.96.